The van der Waals surface area contributed by atoms with Crippen LogP contribution in [0, 0.1) is 11.8 Å². The van der Waals surface area contributed by atoms with Gasteiger partial charge in [-0.3, -0.25) is 14.5 Å². The van der Waals surface area contributed by atoms with Crippen molar-refractivity contribution in [3.05, 3.63) is 40.3 Å². The molecular formula is C28H37N3O4. The molecule has 2 aliphatic carbocycles. The van der Waals surface area contributed by atoms with Crippen LogP contribution in [0.2, 0.25) is 0 Å². The van der Waals surface area contributed by atoms with Crippen molar-refractivity contribution in [1.82, 2.24) is 14.5 Å². The molecule has 2 unspecified atom stereocenters. The highest BCUT2D eigenvalue weighted by molar-refractivity contribution is 5.77. The Balaban J connectivity index is 1.29. The van der Waals surface area contributed by atoms with Crippen molar-refractivity contribution in [3.8, 4) is 0 Å². The molecule has 4 fully saturated rings. The van der Waals surface area contributed by atoms with Crippen LogP contribution in [-0.2, 0) is 20.7 Å². The van der Waals surface area contributed by atoms with E-state index in [0.717, 1.165) is 42.3 Å². The zero-order valence-corrected chi connectivity index (χ0v) is 20.7. The highest BCUT2D eigenvalue weighted by atomic mass is 16.5. The number of hydrogen-bond acceptors (Lipinski definition) is 6. The summed E-state index contributed by atoms with van der Waals surface area (Å²) in [6, 6.07) is 8.77. The quantitative estimate of drug-likeness (QED) is 0.598. The Morgan fingerprint density at radius 3 is 2.54 bits per heavy atom. The summed E-state index contributed by atoms with van der Waals surface area (Å²) in [5.74, 6) is 1.34. The van der Waals surface area contributed by atoms with Crippen molar-refractivity contribution in [2.24, 2.45) is 11.8 Å². The molecule has 0 amide bonds. The first-order valence-electron chi connectivity index (χ1n) is 13.7. The first-order chi connectivity index (χ1) is 17.1. The molecule has 188 valence electrons. The fourth-order valence-electron chi connectivity index (χ4n) is 7.54. The van der Waals surface area contributed by atoms with Crippen LogP contribution < -0.4 is 5.56 Å². The molecule has 0 radical (unpaired) electrons. The lowest BCUT2D eigenvalue weighted by Gasteiger charge is -2.46. The molecule has 0 N–H and O–H groups in total. The van der Waals surface area contributed by atoms with Gasteiger partial charge in [-0.1, -0.05) is 37.8 Å². The van der Waals surface area contributed by atoms with E-state index in [9.17, 15) is 9.59 Å². The molecule has 1 aromatic heterocycles. The molecule has 7 heteroatoms. The van der Waals surface area contributed by atoms with Gasteiger partial charge in [0.1, 0.15) is 11.9 Å². The van der Waals surface area contributed by atoms with Gasteiger partial charge >= 0.3 is 5.97 Å². The number of para-hydroxylation sites is 2. The second-order valence-electron chi connectivity index (χ2n) is 11.1. The second kappa shape index (κ2) is 9.66. The van der Waals surface area contributed by atoms with Gasteiger partial charge in [0.2, 0.25) is 0 Å². The van der Waals surface area contributed by atoms with Crippen LogP contribution in [0.3, 0.4) is 0 Å². The summed E-state index contributed by atoms with van der Waals surface area (Å²) in [4.78, 5) is 33.1. The van der Waals surface area contributed by atoms with Gasteiger partial charge in [-0.25, -0.2) is 4.98 Å². The predicted octanol–water partition coefficient (Wildman–Crippen LogP) is 4.22. The summed E-state index contributed by atoms with van der Waals surface area (Å²) in [6.45, 7) is 2.82. The Morgan fingerprint density at radius 2 is 1.80 bits per heavy atom. The first-order valence-corrected chi connectivity index (χ1v) is 13.7. The number of esters is 1. The molecule has 1 aromatic carbocycles. The lowest BCUT2D eigenvalue weighted by Crippen LogP contribution is -2.52. The predicted molar refractivity (Wildman–Crippen MR) is 133 cm³/mol. The van der Waals surface area contributed by atoms with Crippen LogP contribution >= 0.6 is 0 Å². The fraction of sp³-hybridized carbons (Fsp3) is 0.679. The molecule has 7 nitrogen and oxygen atoms in total. The number of carbonyl (C=O) groups is 1. The maximum atomic E-state index is 13.6. The largest absolute Gasteiger partial charge is 0.466 e. The van der Waals surface area contributed by atoms with Crippen LogP contribution in [0.4, 0.5) is 0 Å². The SMILES string of the molecule is CCOC(=O)Cc1nc2ccccc2n([C@@H]2C[C@@H]3CO[C@H](C2)N3C2CC3CCCCC(C3)C2)c1=O. The minimum atomic E-state index is -0.407. The van der Waals surface area contributed by atoms with E-state index >= 15 is 0 Å². The van der Waals surface area contributed by atoms with Crippen LogP contribution in [0.15, 0.2) is 29.1 Å². The Morgan fingerprint density at radius 1 is 1.03 bits per heavy atom. The van der Waals surface area contributed by atoms with E-state index in [1.54, 1.807) is 6.92 Å². The molecule has 4 bridgehead atoms. The van der Waals surface area contributed by atoms with Crippen molar-refractivity contribution in [3.63, 3.8) is 0 Å². The van der Waals surface area contributed by atoms with Gasteiger partial charge in [0.25, 0.3) is 5.56 Å². The molecule has 6 rings (SSSR count). The third-order valence-corrected chi connectivity index (χ3v) is 8.87. The van der Waals surface area contributed by atoms with Gasteiger partial charge in [-0.05, 0) is 56.6 Å². The number of piperidine rings is 1. The third-order valence-electron chi connectivity index (χ3n) is 8.87. The highest BCUT2D eigenvalue weighted by Crippen LogP contribution is 2.45. The summed E-state index contributed by atoms with van der Waals surface area (Å²) >= 11 is 0. The van der Waals surface area contributed by atoms with Gasteiger partial charge < -0.3 is 14.0 Å². The molecule has 3 heterocycles. The van der Waals surface area contributed by atoms with E-state index in [1.165, 1.54) is 44.9 Å². The summed E-state index contributed by atoms with van der Waals surface area (Å²) in [5.41, 5.74) is 1.69. The Labute approximate surface area is 206 Å². The molecule has 0 spiro atoms. The summed E-state index contributed by atoms with van der Waals surface area (Å²) in [7, 11) is 0. The number of ether oxygens (including phenoxy) is 2. The monoisotopic (exact) mass is 479 g/mol. The van der Waals surface area contributed by atoms with Crippen molar-refractivity contribution < 1.29 is 14.3 Å². The number of hydrogen-bond donors (Lipinski definition) is 0. The van der Waals surface area contributed by atoms with Crippen molar-refractivity contribution >= 4 is 17.0 Å². The van der Waals surface area contributed by atoms with Crippen molar-refractivity contribution in [1.29, 1.82) is 0 Å². The maximum Gasteiger partial charge on any atom is 0.312 e. The Bertz CT molecular complexity index is 1120. The Kier molecular flexibility index (Phi) is 6.39. The minimum absolute atomic E-state index is 0.0379. The normalized spacial score (nSPS) is 32.9. The zero-order valence-electron chi connectivity index (χ0n) is 20.7. The molecule has 2 saturated carbocycles. The second-order valence-corrected chi connectivity index (χ2v) is 11.1. The smallest absolute Gasteiger partial charge is 0.312 e. The number of fused-ring (bicyclic) bond motifs is 5. The summed E-state index contributed by atoms with van der Waals surface area (Å²) < 4.78 is 13.4. The average Bonchev–Trinajstić information content (AvgIpc) is 3.00. The average molecular weight is 480 g/mol. The van der Waals surface area contributed by atoms with E-state index in [0.29, 0.717) is 18.7 Å². The standard InChI is InChI=1S/C28H37N3O4/c1-2-34-27(32)16-24-28(33)31(25-10-6-5-9-23(25)29-24)21-14-22-17-35-26(15-21)30(22)20-12-18-7-3-4-8-19(11-18)13-20/h5-6,9-10,18-22,26H,2-4,7-8,11-17H2,1H3/t18?,19?,20?,21-,22-,26-/m1/s1. The van der Waals surface area contributed by atoms with Gasteiger partial charge in [-0.2, -0.15) is 0 Å². The molecule has 4 aliphatic rings. The molecule has 2 saturated heterocycles. The fourth-order valence-corrected chi connectivity index (χ4v) is 7.54. The number of benzene rings is 1. The Hall–Kier alpha value is -2.25. The lowest BCUT2D eigenvalue weighted by atomic mass is 9.76. The van der Waals surface area contributed by atoms with E-state index in [2.05, 4.69) is 9.88 Å². The van der Waals surface area contributed by atoms with E-state index < -0.39 is 5.97 Å². The maximum absolute atomic E-state index is 13.6. The van der Waals surface area contributed by atoms with E-state index in [1.807, 2.05) is 28.8 Å². The summed E-state index contributed by atoms with van der Waals surface area (Å²) in [5, 5.41) is 0. The summed E-state index contributed by atoms with van der Waals surface area (Å²) in [6.07, 6.45) is 11.3. The molecular weight excluding hydrogens is 442 g/mol. The van der Waals surface area contributed by atoms with Gasteiger partial charge in [-0.15, -0.1) is 0 Å². The topological polar surface area (TPSA) is 73.7 Å². The number of carbonyl (C=O) groups excluding carboxylic acids is 1. The zero-order chi connectivity index (χ0) is 23.9. The van der Waals surface area contributed by atoms with E-state index in [4.69, 9.17) is 9.47 Å². The van der Waals surface area contributed by atoms with E-state index in [-0.39, 0.29) is 29.9 Å². The molecule has 2 aliphatic heterocycles. The molecule has 35 heavy (non-hydrogen) atoms. The third kappa shape index (κ3) is 4.42. The number of rotatable bonds is 5. The van der Waals surface area contributed by atoms with Crippen molar-refractivity contribution in [2.45, 2.75) is 95.5 Å². The number of nitrogens with zero attached hydrogens (tertiary/aromatic N) is 3. The highest BCUT2D eigenvalue weighted by Gasteiger charge is 2.48. The van der Waals surface area contributed by atoms with Crippen LogP contribution in [0.25, 0.3) is 11.0 Å². The van der Waals surface area contributed by atoms with Gasteiger partial charge in [0.05, 0.1) is 30.7 Å². The molecule has 5 atom stereocenters. The minimum Gasteiger partial charge on any atom is -0.466 e. The van der Waals surface area contributed by atoms with Gasteiger partial charge in [0.15, 0.2) is 0 Å². The van der Waals surface area contributed by atoms with Crippen LogP contribution in [0.1, 0.15) is 76.4 Å². The van der Waals surface area contributed by atoms with Crippen LogP contribution in [-0.4, -0.2) is 51.9 Å². The molecule has 2 aromatic rings. The lowest BCUT2D eigenvalue weighted by molar-refractivity contribution is -0.142. The van der Waals surface area contributed by atoms with Crippen molar-refractivity contribution in [2.75, 3.05) is 13.2 Å². The van der Waals surface area contributed by atoms with Gasteiger partial charge in [0, 0.05) is 24.5 Å². The van der Waals surface area contributed by atoms with Crippen LogP contribution in [0.5, 0.6) is 0 Å². The number of aromatic nitrogens is 2. The first kappa shape index (κ1) is 23.2.